The van der Waals surface area contributed by atoms with E-state index in [4.69, 9.17) is 9.47 Å². The van der Waals surface area contributed by atoms with E-state index >= 15 is 0 Å². The van der Waals surface area contributed by atoms with Crippen LogP contribution in [0.3, 0.4) is 0 Å². The molecular formula is C24H17FN2O5. The third kappa shape index (κ3) is 3.08. The number of Topliss-reactive ketones (excluding diaryl/α,β-unsaturated/α-hetero) is 1. The first-order valence-corrected chi connectivity index (χ1v) is 9.83. The lowest BCUT2D eigenvalue weighted by molar-refractivity contribution is -0.132. The van der Waals surface area contributed by atoms with E-state index in [0.717, 1.165) is 0 Å². The quantitative estimate of drug-likeness (QED) is 0.384. The van der Waals surface area contributed by atoms with Gasteiger partial charge in [-0.2, -0.15) is 0 Å². The van der Waals surface area contributed by atoms with Crippen LogP contribution in [0.5, 0.6) is 11.5 Å². The molecule has 8 heteroatoms. The number of ketones is 1. The minimum atomic E-state index is -0.936. The minimum Gasteiger partial charge on any atom is -0.507 e. The highest BCUT2D eigenvalue weighted by Crippen LogP contribution is 2.44. The van der Waals surface area contributed by atoms with Crippen LogP contribution >= 0.6 is 0 Å². The standard InChI is InChI=1S/C24H17FN2O5/c1-13-9-14(4-6-17(13)25)22(28)20-21(15-3-2-8-26-11-15)27(24(30)23(20)29)16-5-7-18-19(10-16)32-12-31-18/h2-11,21,28H,12H2,1H3/b22-20+. The van der Waals surface area contributed by atoms with Crippen molar-refractivity contribution < 1.29 is 28.6 Å². The van der Waals surface area contributed by atoms with Gasteiger partial charge in [0, 0.05) is 29.7 Å². The number of carbonyl (C=O) groups is 2. The lowest BCUT2D eigenvalue weighted by Gasteiger charge is -2.25. The minimum absolute atomic E-state index is 0.0631. The summed E-state index contributed by atoms with van der Waals surface area (Å²) >= 11 is 0. The number of halogens is 1. The van der Waals surface area contributed by atoms with Crippen molar-refractivity contribution in [2.75, 3.05) is 11.7 Å². The second-order valence-electron chi connectivity index (χ2n) is 7.46. The molecule has 1 amide bonds. The van der Waals surface area contributed by atoms with Gasteiger partial charge in [-0.3, -0.25) is 19.5 Å². The molecule has 160 valence electrons. The summed E-state index contributed by atoms with van der Waals surface area (Å²) in [5.41, 5.74) is 1.37. The zero-order chi connectivity index (χ0) is 22.4. The van der Waals surface area contributed by atoms with Crippen LogP contribution in [0.25, 0.3) is 5.76 Å². The first-order valence-electron chi connectivity index (χ1n) is 9.83. The van der Waals surface area contributed by atoms with Gasteiger partial charge in [-0.25, -0.2) is 4.39 Å². The molecule has 0 aliphatic carbocycles. The van der Waals surface area contributed by atoms with Crippen molar-refractivity contribution in [2.24, 2.45) is 0 Å². The van der Waals surface area contributed by atoms with E-state index in [9.17, 15) is 19.1 Å². The first kappa shape index (κ1) is 19.7. The molecule has 1 saturated heterocycles. The largest absolute Gasteiger partial charge is 0.507 e. The number of nitrogens with zero attached hydrogens (tertiary/aromatic N) is 2. The maximum absolute atomic E-state index is 13.8. The number of ether oxygens (including phenoxy) is 2. The lowest BCUT2D eigenvalue weighted by Crippen LogP contribution is -2.29. The number of hydrogen-bond donors (Lipinski definition) is 1. The maximum Gasteiger partial charge on any atom is 0.300 e. The second kappa shape index (κ2) is 7.49. The van der Waals surface area contributed by atoms with E-state index in [2.05, 4.69) is 4.98 Å². The zero-order valence-electron chi connectivity index (χ0n) is 16.9. The van der Waals surface area contributed by atoms with Crippen molar-refractivity contribution >= 4 is 23.1 Å². The Morgan fingerprint density at radius 3 is 2.69 bits per heavy atom. The Morgan fingerprint density at radius 1 is 1.12 bits per heavy atom. The Kier molecular flexibility index (Phi) is 4.62. The Morgan fingerprint density at radius 2 is 1.94 bits per heavy atom. The van der Waals surface area contributed by atoms with E-state index in [0.29, 0.717) is 28.3 Å². The fourth-order valence-electron chi connectivity index (χ4n) is 3.93. The summed E-state index contributed by atoms with van der Waals surface area (Å²) in [6.45, 7) is 1.61. The van der Waals surface area contributed by atoms with Crippen LogP contribution < -0.4 is 14.4 Å². The van der Waals surface area contributed by atoms with Crippen LogP contribution in [0.1, 0.15) is 22.7 Å². The smallest absolute Gasteiger partial charge is 0.300 e. The van der Waals surface area contributed by atoms with Crippen LogP contribution in [0, 0.1) is 12.7 Å². The number of aryl methyl sites for hydroxylation is 1. The van der Waals surface area contributed by atoms with Crippen molar-refractivity contribution in [1.82, 2.24) is 4.98 Å². The van der Waals surface area contributed by atoms with Crippen LogP contribution in [0.15, 0.2) is 66.5 Å². The molecule has 5 rings (SSSR count). The Balaban J connectivity index is 1.70. The molecule has 1 N–H and O–H groups in total. The van der Waals surface area contributed by atoms with E-state index < -0.39 is 23.5 Å². The van der Waals surface area contributed by atoms with Crippen LogP contribution in [-0.4, -0.2) is 28.6 Å². The Bertz CT molecular complexity index is 1290. The number of aliphatic hydroxyl groups is 1. The fraction of sp³-hybridized carbons (Fsp3) is 0.125. The van der Waals surface area contributed by atoms with Gasteiger partial charge in [0.25, 0.3) is 11.7 Å². The normalized spacial score (nSPS) is 18.9. The van der Waals surface area contributed by atoms with Crippen molar-refractivity contribution in [3.63, 3.8) is 0 Å². The van der Waals surface area contributed by atoms with Gasteiger partial charge in [0.15, 0.2) is 11.5 Å². The Labute approximate surface area is 182 Å². The van der Waals surface area contributed by atoms with Crippen molar-refractivity contribution in [3.8, 4) is 11.5 Å². The second-order valence-corrected chi connectivity index (χ2v) is 7.46. The summed E-state index contributed by atoms with van der Waals surface area (Å²) in [7, 11) is 0. The highest BCUT2D eigenvalue weighted by Gasteiger charge is 2.47. The van der Waals surface area contributed by atoms with Gasteiger partial charge >= 0.3 is 0 Å². The van der Waals surface area contributed by atoms with Crippen LogP contribution in [-0.2, 0) is 9.59 Å². The monoisotopic (exact) mass is 432 g/mol. The topological polar surface area (TPSA) is 89.0 Å². The molecule has 0 bridgehead atoms. The third-order valence-electron chi connectivity index (χ3n) is 5.51. The average molecular weight is 432 g/mol. The van der Waals surface area contributed by atoms with Gasteiger partial charge in [-0.1, -0.05) is 6.07 Å². The lowest BCUT2D eigenvalue weighted by atomic mass is 9.95. The molecule has 1 fully saturated rings. The number of fused-ring (bicyclic) bond motifs is 1. The average Bonchev–Trinajstić information content (AvgIpc) is 3.38. The van der Waals surface area contributed by atoms with Gasteiger partial charge < -0.3 is 14.6 Å². The molecular weight excluding hydrogens is 415 g/mol. The molecule has 3 aromatic rings. The molecule has 1 unspecified atom stereocenters. The number of aliphatic hydroxyl groups excluding tert-OH is 1. The summed E-state index contributed by atoms with van der Waals surface area (Å²) < 4.78 is 24.5. The van der Waals surface area contributed by atoms with Crippen LogP contribution in [0.4, 0.5) is 10.1 Å². The summed E-state index contributed by atoms with van der Waals surface area (Å²) in [5, 5.41) is 11.1. The number of amides is 1. The number of rotatable bonds is 3. The number of pyridine rings is 1. The summed E-state index contributed by atoms with van der Waals surface area (Å²) in [4.78, 5) is 31.7. The van der Waals surface area contributed by atoms with E-state index in [1.807, 2.05) is 0 Å². The molecule has 1 aromatic heterocycles. The van der Waals surface area contributed by atoms with Gasteiger partial charge in [0.05, 0.1) is 11.6 Å². The maximum atomic E-state index is 13.8. The first-order chi connectivity index (χ1) is 15.5. The van der Waals surface area contributed by atoms with Crippen molar-refractivity contribution in [1.29, 1.82) is 0 Å². The molecule has 0 radical (unpaired) electrons. The SMILES string of the molecule is Cc1cc(/C(O)=C2\C(=O)C(=O)N(c3ccc4c(c3)OCO4)C2c2cccnc2)ccc1F. The number of carbonyl (C=O) groups excluding carboxylic acids is 2. The van der Waals surface area contributed by atoms with E-state index in [-0.39, 0.29) is 23.7 Å². The summed E-state index contributed by atoms with van der Waals surface area (Å²) in [5.74, 6) is -1.50. The highest BCUT2D eigenvalue weighted by atomic mass is 19.1. The number of aromatic nitrogens is 1. The molecule has 3 heterocycles. The van der Waals surface area contributed by atoms with Crippen molar-refractivity contribution in [3.05, 3.63) is 89.0 Å². The summed E-state index contributed by atoms with van der Waals surface area (Å²) in [6, 6.07) is 11.4. The predicted molar refractivity (Wildman–Crippen MR) is 113 cm³/mol. The Hall–Kier alpha value is -4.20. The van der Waals surface area contributed by atoms with E-state index in [1.165, 1.54) is 29.3 Å². The molecule has 0 spiro atoms. The number of hydrogen-bond acceptors (Lipinski definition) is 6. The molecule has 1 atom stereocenters. The molecule has 2 aliphatic heterocycles. The van der Waals surface area contributed by atoms with Gasteiger partial charge in [0.1, 0.15) is 11.6 Å². The molecule has 7 nitrogen and oxygen atoms in total. The zero-order valence-corrected chi connectivity index (χ0v) is 16.9. The molecule has 2 aliphatic rings. The number of benzene rings is 2. The highest BCUT2D eigenvalue weighted by molar-refractivity contribution is 6.51. The molecule has 2 aromatic carbocycles. The van der Waals surface area contributed by atoms with Gasteiger partial charge in [-0.05, 0) is 54.4 Å². The summed E-state index contributed by atoms with van der Waals surface area (Å²) in [6.07, 6.45) is 3.10. The third-order valence-corrected chi connectivity index (χ3v) is 5.51. The van der Waals surface area contributed by atoms with Gasteiger partial charge in [0.2, 0.25) is 6.79 Å². The predicted octanol–water partition coefficient (Wildman–Crippen LogP) is 3.88. The van der Waals surface area contributed by atoms with Gasteiger partial charge in [-0.15, -0.1) is 0 Å². The van der Waals surface area contributed by atoms with Crippen molar-refractivity contribution in [2.45, 2.75) is 13.0 Å². The fourth-order valence-corrected chi connectivity index (χ4v) is 3.93. The van der Waals surface area contributed by atoms with Crippen LogP contribution in [0.2, 0.25) is 0 Å². The molecule has 32 heavy (non-hydrogen) atoms. The molecule has 0 saturated carbocycles. The van der Waals surface area contributed by atoms with E-state index in [1.54, 1.807) is 43.5 Å². The number of anilines is 1.